The minimum absolute atomic E-state index is 0.0139. The maximum Gasteiger partial charge on any atom is 0.0591 e. The van der Waals surface area contributed by atoms with E-state index in [-0.39, 0.29) is 18.1 Å². The van der Waals surface area contributed by atoms with E-state index < -0.39 is 0 Å². The lowest BCUT2D eigenvalue weighted by molar-refractivity contribution is 0.220. The van der Waals surface area contributed by atoms with Crippen molar-refractivity contribution in [3.05, 3.63) is 34.9 Å². The molecule has 0 fully saturated rings. The van der Waals surface area contributed by atoms with Gasteiger partial charge in [-0.2, -0.15) is 0 Å². The summed E-state index contributed by atoms with van der Waals surface area (Å²) in [7, 11) is 0. The molecule has 84 valence electrons. The Morgan fingerprint density at radius 2 is 1.67 bits per heavy atom. The van der Waals surface area contributed by atoms with E-state index in [0.29, 0.717) is 0 Å². The fourth-order valence-electron chi connectivity index (χ4n) is 1.79. The average molecular weight is 207 g/mol. The van der Waals surface area contributed by atoms with Crippen molar-refractivity contribution in [2.45, 2.75) is 39.2 Å². The van der Waals surface area contributed by atoms with Crippen LogP contribution in [0.2, 0.25) is 0 Å². The lowest BCUT2D eigenvalue weighted by Crippen LogP contribution is -2.43. The van der Waals surface area contributed by atoms with E-state index in [9.17, 15) is 0 Å². The van der Waals surface area contributed by atoms with Crippen molar-refractivity contribution in [3.63, 3.8) is 0 Å². The van der Waals surface area contributed by atoms with Crippen molar-refractivity contribution in [2.75, 3.05) is 6.61 Å². The van der Waals surface area contributed by atoms with Gasteiger partial charge >= 0.3 is 0 Å². The van der Waals surface area contributed by atoms with E-state index in [1.807, 2.05) is 0 Å². The van der Waals surface area contributed by atoms with Crippen molar-refractivity contribution < 1.29 is 5.11 Å². The van der Waals surface area contributed by atoms with Crippen LogP contribution in [0.3, 0.4) is 0 Å². The van der Waals surface area contributed by atoms with Crippen LogP contribution in [0.4, 0.5) is 0 Å². The van der Waals surface area contributed by atoms with Crippen LogP contribution in [-0.4, -0.2) is 17.8 Å². The molecule has 0 radical (unpaired) electrons. The van der Waals surface area contributed by atoms with E-state index in [1.54, 1.807) is 0 Å². The predicted octanol–water partition coefficient (Wildman–Crippen LogP) is 1.90. The molecule has 0 heterocycles. The van der Waals surface area contributed by atoms with E-state index in [1.165, 1.54) is 16.7 Å². The predicted molar refractivity (Wildman–Crippen MR) is 64.0 cm³/mol. The standard InChI is InChI=1S/C13H21NO/c1-9-5-10(2)7-11(6-9)13(3,4)12(14)8-15/h5-7,12,15H,8,14H2,1-4H3. The topological polar surface area (TPSA) is 46.2 Å². The molecular formula is C13H21NO. The van der Waals surface area contributed by atoms with Gasteiger partial charge in [0.15, 0.2) is 0 Å². The fourth-order valence-corrected chi connectivity index (χ4v) is 1.79. The first kappa shape index (κ1) is 12.2. The minimum Gasteiger partial charge on any atom is -0.395 e. The van der Waals surface area contributed by atoms with Crippen LogP contribution in [0, 0.1) is 13.8 Å². The molecule has 1 rings (SSSR count). The van der Waals surface area contributed by atoms with Gasteiger partial charge in [-0.3, -0.25) is 0 Å². The lowest BCUT2D eigenvalue weighted by Gasteiger charge is -2.31. The minimum atomic E-state index is -0.223. The molecule has 3 N–H and O–H groups in total. The summed E-state index contributed by atoms with van der Waals surface area (Å²) in [5, 5.41) is 9.15. The largest absolute Gasteiger partial charge is 0.395 e. The summed E-state index contributed by atoms with van der Waals surface area (Å²) in [5.74, 6) is 0. The Kier molecular flexibility index (Phi) is 3.53. The number of hydrogen-bond donors (Lipinski definition) is 2. The molecule has 1 aromatic rings. The van der Waals surface area contributed by atoms with Crippen LogP contribution in [0.15, 0.2) is 18.2 Å². The van der Waals surface area contributed by atoms with Crippen molar-refractivity contribution in [1.29, 1.82) is 0 Å². The monoisotopic (exact) mass is 207 g/mol. The van der Waals surface area contributed by atoms with Crippen molar-refractivity contribution in [2.24, 2.45) is 5.73 Å². The zero-order valence-electron chi connectivity index (χ0n) is 10.0. The third-order valence-electron chi connectivity index (χ3n) is 3.09. The van der Waals surface area contributed by atoms with E-state index in [0.717, 1.165) is 0 Å². The number of aliphatic hydroxyl groups is 1. The molecule has 0 spiro atoms. The number of benzene rings is 1. The summed E-state index contributed by atoms with van der Waals surface area (Å²) < 4.78 is 0. The quantitative estimate of drug-likeness (QED) is 0.795. The Morgan fingerprint density at radius 3 is 2.07 bits per heavy atom. The van der Waals surface area contributed by atoms with Crippen LogP contribution in [0.25, 0.3) is 0 Å². The third-order valence-corrected chi connectivity index (χ3v) is 3.09. The Hall–Kier alpha value is -0.860. The highest BCUT2D eigenvalue weighted by Gasteiger charge is 2.28. The molecule has 15 heavy (non-hydrogen) atoms. The molecule has 0 aliphatic heterocycles. The van der Waals surface area contributed by atoms with Gasteiger partial charge in [-0.1, -0.05) is 43.2 Å². The van der Waals surface area contributed by atoms with Gasteiger partial charge in [0.05, 0.1) is 6.61 Å². The number of hydrogen-bond acceptors (Lipinski definition) is 2. The highest BCUT2D eigenvalue weighted by Crippen LogP contribution is 2.27. The first-order chi connectivity index (χ1) is 6.87. The Morgan fingerprint density at radius 1 is 1.20 bits per heavy atom. The molecule has 0 saturated carbocycles. The Labute approximate surface area is 92.1 Å². The molecule has 0 aliphatic rings. The zero-order chi connectivity index (χ0) is 11.6. The fraction of sp³-hybridized carbons (Fsp3) is 0.538. The van der Waals surface area contributed by atoms with E-state index in [4.69, 9.17) is 10.8 Å². The third kappa shape index (κ3) is 2.58. The van der Waals surface area contributed by atoms with Gasteiger partial charge in [0.25, 0.3) is 0 Å². The maximum absolute atomic E-state index is 9.15. The van der Waals surface area contributed by atoms with Crippen LogP contribution in [0.5, 0.6) is 0 Å². The SMILES string of the molecule is Cc1cc(C)cc(C(C)(C)C(N)CO)c1. The van der Waals surface area contributed by atoms with Crippen LogP contribution >= 0.6 is 0 Å². The molecule has 2 heteroatoms. The van der Waals surface area contributed by atoms with Gasteiger partial charge in [0.1, 0.15) is 0 Å². The summed E-state index contributed by atoms with van der Waals surface area (Å²) in [5.41, 5.74) is 9.42. The highest BCUT2D eigenvalue weighted by molar-refractivity contribution is 5.34. The van der Waals surface area contributed by atoms with E-state index >= 15 is 0 Å². The normalized spacial score (nSPS) is 14.0. The number of aliphatic hydroxyl groups excluding tert-OH is 1. The second kappa shape index (κ2) is 4.33. The van der Waals surface area contributed by atoms with Gasteiger partial charge in [0, 0.05) is 11.5 Å². The second-order valence-corrected chi connectivity index (χ2v) is 4.89. The summed E-state index contributed by atoms with van der Waals surface area (Å²) in [6, 6.07) is 6.20. The average Bonchev–Trinajstić information content (AvgIpc) is 2.15. The Bertz CT molecular complexity index is 324. The molecule has 0 bridgehead atoms. The van der Waals surface area contributed by atoms with Gasteiger partial charge in [-0.25, -0.2) is 0 Å². The first-order valence-electron chi connectivity index (χ1n) is 5.33. The number of aryl methyl sites for hydroxylation is 2. The summed E-state index contributed by atoms with van der Waals surface area (Å²) in [4.78, 5) is 0. The second-order valence-electron chi connectivity index (χ2n) is 4.89. The molecule has 2 nitrogen and oxygen atoms in total. The first-order valence-corrected chi connectivity index (χ1v) is 5.33. The highest BCUT2D eigenvalue weighted by atomic mass is 16.3. The van der Waals surface area contributed by atoms with Crippen molar-refractivity contribution in [1.82, 2.24) is 0 Å². The number of rotatable bonds is 3. The molecular weight excluding hydrogens is 186 g/mol. The van der Waals surface area contributed by atoms with E-state index in [2.05, 4.69) is 45.9 Å². The van der Waals surface area contributed by atoms with Crippen LogP contribution < -0.4 is 5.73 Å². The zero-order valence-corrected chi connectivity index (χ0v) is 10.0. The summed E-state index contributed by atoms with van der Waals surface area (Å²) >= 11 is 0. The number of nitrogens with two attached hydrogens (primary N) is 1. The van der Waals surface area contributed by atoms with Gasteiger partial charge in [-0.05, 0) is 19.4 Å². The molecule has 1 unspecified atom stereocenters. The van der Waals surface area contributed by atoms with Crippen molar-refractivity contribution in [3.8, 4) is 0 Å². The molecule has 1 atom stereocenters. The molecule has 0 amide bonds. The van der Waals surface area contributed by atoms with Crippen LogP contribution in [-0.2, 0) is 5.41 Å². The molecule has 1 aromatic carbocycles. The van der Waals surface area contributed by atoms with Gasteiger partial charge in [0.2, 0.25) is 0 Å². The summed E-state index contributed by atoms with van der Waals surface area (Å²) in [6.07, 6.45) is 0. The smallest absolute Gasteiger partial charge is 0.0591 e. The molecule has 0 aromatic heterocycles. The maximum atomic E-state index is 9.15. The summed E-state index contributed by atoms with van der Waals surface area (Å²) in [6.45, 7) is 8.32. The molecule has 0 saturated heterocycles. The molecule has 0 aliphatic carbocycles. The lowest BCUT2D eigenvalue weighted by atomic mass is 9.77. The van der Waals surface area contributed by atoms with Gasteiger partial charge < -0.3 is 10.8 Å². The van der Waals surface area contributed by atoms with Crippen LogP contribution in [0.1, 0.15) is 30.5 Å². The van der Waals surface area contributed by atoms with Gasteiger partial charge in [-0.15, -0.1) is 0 Å². The Balaban J connectivity index is 3.14. The van der Waals surface area contributed by atoms with Crippen molar-refractivity contribution >= 4 is 0 Å².